The summed E-state index contributed by atoms with van der Waals surface area (Å²) in [6.07, 6.45) is 1.53. The molecule has 4 heteroatoms. The van der Waals surface area contributed by atoms with E-state index in [1.165, 1.54) is 5.56 Å². The smallest absolute Gasteiger partial charge is 0.228 e. The van der Waals surface area contributed by atoms with E-state index in [2.05, 4.69) is 11.4 Å². The molecule has 0 spiro atoms. The lowest BCUT2D eigenvalue weighted by atomic mass is 10.2. The van der Waals surface area contributed by atoms with E-state index in [-0.39, 0.29) is 12.0 Å². The Hall–Kier alpha value is -2.49. The van der Waals surface area contributed by atoms with Gasteiger partial charge in [-0.25, -0.2) is 0 Å². The van der Waals surface area contributed by atoms with Gasteiger partial charge in [-0.3, -0.25) is 4.79 Å². The van der Waals surface area contributed by atoms with Crippen molar-refractivity contribution < 1.29 is 9.53 Å². The van der Waals surface area contributed by atoms with Crippen LogP contribution in [0.2, 0.25) is 0 Å². The first-order valence-electron chi connectivity index (χ1n) is 8.53. The van der Waals surface area contributed by atoms with E-state index in [4.69, 9.17) is 4.74 Å². The Labute approximate surface area is 143 Å². The van der Waals surface area contributed by atoms with E-state index in [0.29, 0.717) is 13.0 Å². The van der Waals surface area contributed by atoms with Gasteiger partial charge in [-0.05, 0) is 44.0 Å². The first-order valence-corrected chi connectivity index (χ1v) is 8.53. The van der Waals surface area contributed by atoms with Crippen LogP contribution in [0.4, 0.5) is 11.4 Å². The van der Waals surface area contributed by atoms with Crippen molar-refractivity contribution in [2.24, 2.45) is 0 Å². The van der Waals surface area contributed by atoms with Crippen molar-refractivity contribution in [3.63, 3.8) is 0 Å². The molecular weight excluding hydrogens is 300 g/mol. The largest absolute Gasteiger partial charge is 0.489 e. The molecule has 0 saturated heterocycles. The molecule has 1 heterocycles. The molecular formula is C20H24N2O2. The number of amides is 1. The van der Waals surface area contributed by atoms with E-state index in [1.54, 1.807) is 0 Å². The molecule has 126 valence electrons. The molecule has 24 heavy (non-hydrogen) atoms. The highest BCUT2D eigenvalue weighted by molar-refractivity contribution is 5.95. The predicted octanol–water partition coefficient (Wildman–Crippen LogP) is 3.87. The zero-order valence-corrected chi connectivity index (χ0v) is 14.3. The van der Waals surface area contributed by atoms with Crippen molar-refractivity contribution in [2.45, 2.75) is 32.8 Å². The van der Waals surface area contributed by atoms with E-state index < -0.39 is 0 Å². The SMILES string of the molecule is CC(C)Oc1ccccc1NCCC(=O)N1CCc2ccccc21. The highest BCUT2D eigenvalue weighted by atomic mass is 16.5. The van der Waals surface area contributed by atoms with Crippen LogP contribution in [0, 0.1) is 0 Å². The third-order valence-corrected chi connectivity index (χ3v) is 4.09. The van der Waals surface area contributed by atoms with Crippen molar-refractivity contribution in [3.8, 4) is 5.75 Å². The van der Waals surface area contributed by atoms with Gasteiger partial charge in [0.25, 0.3) is 0 Å². The van der Waals surface area contributed by atoms with Crippen molar-refractivity contribution in [1.82, 2.24) is 0 Å². The van der Waals surface area contributed by atoms with Gasteiger partial charge in [0.05, 0.1) is 11.8 Å². The van der Waals surface area contributed by atoms with Crippen LogP contribution in [-0.2, 0) is 11.2 Å². The lowest BCUT2D eigenvalue weighted by Crippen LogP contribution is -2.30. The Morgan fingerprint density at radius 1 is 1.17 bits per heavy atom. The molecule has 1 N–H and O–H groups in total. The van der Waals surface area contributed by atoms with Crippen LogP contribution in [0.1, 0.15) is 25.8 Å². The second kappa shape index (κ2) is 7.39. The summed E-state index contributed by atoms with van der Waals surface area (Å²) in [5, 5.41) is 3.32. The lowest BCUT2D eigenvalue weighted by Gasteiger charge is -2.18. The Bertz CT molecular complexity index is 712. The number of hydrogen-bond acceptors (Lipinski definition) is 3. The summed E-state index contributed by atoms with van der Waals surface area (Å²) in [6.45, 7) is 5.39. The summed E-state index contributed by atoms with van der Waals surface area (Å²) < 4.78 is 5.79. The highest BCUT2D eigenvalue weighted by Gasteiger charge is 2.23. The lowest BCUT2D eigenvalue weighted by molar-refractivity contribution is -0.118. The minimum atomic E-state index is 0.121. The third-order valence-electron chi connectivity index (χ3n) is 4.09. The quantitative estimate of drug-likeness (QED) is 0.877. The zero-order chi connectivity index (χ0) is 16.9. The van der Waals surface area contributed by atoms with Crippen LogP contribution in [0.25, 0.3) is 0 Å². The van der Waals surface area contributed by atoms with E-state index in [0.717, 1.165) is 30.1 Å². The van der Waals surface area contributed by atoms with Crippen molar-refractivity contribution in [1.29, 1.82) is 0 Å². The average Bonchev–Trinajstić information content (AvgIpc) is 3.00. The zero-order valence-electron chi connectivity index (χ0n) is 14.3. The Morgan fingerprint density at radius 3 is 2.75 bits per heavy atom. The van der Waals surface area contributed by atoms with E-state index >= 15 is 0 Å². The number of nitrogens with zero attached hydrogens (tertiary/aromatic N) is 1. The summed E-state index contributed by atoms with van der Waals surface area (Å²) >= 11 is 0. The number of carbonyl (C=O) groups is 1. The monoisotopic (exact) mass is 324 g/mol. The molecule has 2 aromatic carbocycles. The first-order chi connectivity index (χ1) is 11.6. The first kappa shape index (κ1) is 16.4. The number of nitrogens with one attached hydrogen (secondary N) is 1. The van der Waals surface area contributed by atoms with E-state index in [1.807, 2.05) is 61.2 Å². The number of anilines is 2. The molecule has 4 nitrogen and oxygen atoms in total. The molecule has 0 aliphatic carbocycles. The molecule has 1 aliphatic heterocycles. The molecule has 0 saturated carbocycles. The number of carbonyl (C=O) groups excluding carboxylic acids is 1. The third kappa shape index (κ3) is 3.70. The number of fused-ring (bicyclic) bond motifs is 1. The second-order valence-electron chi connectivity index (χ2n) is 6.26. The molecule has 0 atom stereocenters. The highest BCUT2D eigenvalue weighted by Crippen LogP contribution is 2.28. The maximum atomic E-state index is 12.5. The van der Waals surface area contributed by atoms with Gasteiger partial charge >= 0.3 is 0 Å². The van der Waals surface area contributed by atoms with E-state index in [9.17, 15) is 4.79 Å². The summed E-state index contributed by atoms with van der Waals surface area (Å²) in [5.41, 5.74) is 3.25. The number of rotatable bonds is 6. The minimum Gasteiger partial charge on any atom is -0.489 e. The predicted molar refractivity (Wildman–Crippen MR) is 97.8 cm³/mol. The fourth-order valence-electron chi connectivity index (χ4n) is 3.01. The van der Waals surface area contributed by atoms with Gasteiger partial charge in [-0.2, -0.15) is 0 Å². The van der Waals surface area contributed by atoms with Gasteiger partial charge in [0, 0.05) is 25.2 Å². The number of hydrogen-bond donors (Lipinski definition) is 1. The molecule has 0 radical (unpaired) electrons. The van der Waals surface area contributed by atoms with Crippen LogP contribution in [0.15, 0.2) is 48.5 Å². The topological polar surface area (TPSA) is 41.6 Å². The molecule has 0 unspecified atom stereocenters. The van der Waals surface area contributed by atoms with Gasteiger partial charge in [-0.15, -0.1) is 0 Å². The normalized spacial score (nSPS) is 13.0. The van der Waals surface area contributed by atoms with Crippen molar-refractivity contribution in [2.75, 3.05) is 23.3 Å². The van der Waals surface area contributed by atoms with Crippen LogP contribution >= 0.6 is 0 Å². The van der Waals surface area contributed by atoms with Crippen LogP contribution in [0.3, 0.4) is 0 Å². The molecule has 2 aromatic rings. The maximum absolute atomic E-state index is 12.5. The van der Waals surface area contributed by atoms with Crippen LogP contribution in [-0.4, -0.2) is 25.1 Å². The Balaban J connectivity index is 1.57. The van der Waals surface area contributed by atoms with Gasteiger partial charge in [0.15, 0.2) is 0 Å². The van der Waals surface area contributed by atoms with Gasteiger partial charge < -0.3 is 15.0 Å². The molecule has 1 amide bonds. The standard InChI is InChI=1S/C20H24N2O2/c1-15(2)24-19-10-6-4-8-17(19)21-13-11-20(23)22-14-12-16-7-3-5-9-18(16)22/h3-10,15,21H,11-14H2,1-2H3. The summed E-state index contributed by atoms with van der Waals surface area (Å²) in [5.74, 6) is 0.987. The average molecular weight is 324 g/mol. The fourth-order valence-corrected chi connectivity index (χ4v) is 3.01. The molecule has 3 rings (SSSR count). The summed E-state index contributed by atoms with van der Waals surface area (Å²) in [4.78, 5) is 14.4. The number of benzene rings is 2. The molecule has 0 bridgehead atoms. The fraction of sp³-hybridized carbons (Fsp3) is 0.350. The van der Waals surface area contributed by atoms with Crippen molar-refractivity contribution in [3.05, 3.63) is 54.1 Å². The molecule has 0 fully saturated rings. The summed E-state index contributed by atoms with van der Waals surface area (Å²) in [6, 6.07) is 16.0. The Kier molecular flexibility index (Phi) is 5.04. The number of ether oxygens (including phenoxy) is 1. The molecule has 0 aromatic heterocycles. The second-order valence-corrected chi connectivity index (χ2v) is 6.26. The van der Waals surface area contributed by atoms with Gasteiger partial charge in [0.2, 0.25) is 5.91 Å². The Morgan fingerprint density at radius 2 is 1.92 bits per heavy atom. The summed E-state index contributed by atoms with van der Waals surface area (Å²) in [7, 11) is 0. The van der Waals surface area contributed by atoms with Crippen LogP contribution < -0.4 is 15.0 Å². The van der Waals surface area contributed by atoms with Crippen molar-refractivity contribution >= 4 is 17.3 Å². The number of para-hydroxylation sites is 3. The van der Waals surface area contributed by atoms with Gasteiger partial charge in [0.1, 0.15) is 5.75 Å². The van der Waals surface area contributed by atoms with Gasteiger partial charge in [-0.1, -0.05) is 30.3 Å². The minimum absolute atomic E-state index is 0.121. The van der Waals surface area contributed by atoms with Crippen LogP contribution in [0.5, 0.6) is 5.75 Å². The molecule has 1 aliphatic rings. The maximum Gasteiger partial charge on any atom is 0.228 e.